The number of nitrogens with one attached hydrogen (secondary N) is 1. The summed E-state index contributed by atoms with van der Waals surface area (Å²) in [6.07, 6.45) is 0. The second-order valence-corrected chi connectivity index (χ2v) is 5.70. The first-order valence-corrected chi connectivity index (χ1v) is 6.88. The number of hydrogen-bond donors (Lipinski definition) is 1. The first-order chi connectivity index (χ1) is 7.91. The number of halogens is 1. The molecule has 1 atom stereocenters. The lowest BCUT2D eigenvalue weighted by Gasteiger charge is -2.07. The molecular formula is C10H12ClNO4S. The van der Waals surface area contributed by atoms with Gasteiger partial charge in [0.2, 0.25) is 10.0 Å². The first-order valence-electron chi connectivity index (χ1n) is 4.79. The highest BCUT2D eigenvalue weighted by molar-refractivity contribution is 7.88. The Balaban J connectivity index is 2.56. The van der Waals surface area contributed by atoms with Gasteiger partial charge in [0.15, 0.2) is 0 Å². The predicted octanol–water partition coefficient (Wildman–Crippen LogP) is 1.19. The Morgan fingerprint density at radius 2 is 2.00 bits per heavy atom. The summed E-state index contributed by atoms with van der Waals surface area (Å²) in [7, 11) is -3.71. The predicted molar refractivity (Wildman–Crippen MR) is 63.6 cm³/mol. The minimum Gasteiger partial charge on any atom is -0.354 e. The zero-order valence-corrected chi connectivity index (χ0v) is 10.7. The highest BCUT2D eigenvalue weighted by Gasteiger charge is 2.17. The molecule has 0 saturated carbocycles. The van der Waals surface area contributed by atoms with Crippen molar-refractivity contribution in [3.05, 3.63) is 35.9 Å². The average molecular weight is 278 g/mol. The normalized spacial score (nSPS) is 13.1. The van der Waals surface area contributed by atoms with Crippen LogP contribution < -0.4 is 4.89 Å². The summed E-state index contributed by atoms with van der Waals surface area (Å²) in [6, 6.07) is 8.53. The molecule has 0 bridgehead atoms. The molecule has 1 aromatic rings. The van der Waals surface area contributed by atoms with Crippen LogP contribution in [0.4, 0.5) is 0 Å². The largest absolute Gasteiger partial charge is 0.354 e. The summed E-state index contributed by atoms with van der Waals surface area (Å²) in [5, 5.41) is -0.908. The molecular weight excluding hydrogens is 266 g/mol. The number of benzene rings is 1. The number of hydrogen-bond acceptors (Lipinski definition) is 4. The van der Waals surface area contributed by atoms with Gasteiger partial charge in [-0.05, 0) is 17.4 Å². The van der Waals surface area contributed by atoms with Gasteiger partial charge in [-0.1, -0.05) is 30.3 Å². The number of carbonyl (C=O) groups is 1. The van der Waals surface area contributed by atoms with E-state index in [0.717, 1.165) is 0 Å². The van der Waals surface area contributed by atoms with Gasteiger partial charge >= 0.3 is 5.97 Å². The Morgan fingerprint density at radius 3 is 2.53 bits per heavy atom. The van der Waals surface area contributed by atoms with Gasteiger partial charge in [-0.25, -0.2) is 13.2 Å². The molecule has 1 rings (SSSR count). The van der Waals surface area contributed by atoms with E-state index in [4.69, 9.17) is 11.6 Å². The minimum absolute atomic E-state index is 0.266. The van der Waals surface area contributed by atoms with E-state index in [1.807, 2.05) is 0 Å². The molecule has 17 heavy (non-hydrogen) atoms. The molecule has 7 heteroatoms. The molecule has 0 aliphatic rings. The van der Waals surface area contributed by atoms with Gasteiger partial charge in [0.05, 0.1) is 5.75 Å². The van der Waals surface area contributed by atoms with Gasteiger partial charge in [0.25, 0.3) is 0 Å². The second-order valence-electron chi connectivity index (χ2n) is 3.37. The van der Waals surface area contributed by atoms with Crippen LogP contribution in [-0.4, -0.2) is 19.8 Å². The zero-order chi connectivity index (χ0) is 12.9. The maximum Gasteiger partial charge on any atom is 0.343 e. The second kappa shape index (κ2) is 6.00. The third kappa shape index (κ3) is 5.16. The van der Waals surface area contributed by atoms with Crippen molar-refractivity contribution in [1.29, 1.82) is 0 Å². The number of alkyl halides is 1. The van der Waals surface area contributed by atoms with E-state index >= 15 is 0 Å². The van der Waals surface area contributed by atoms with Crippen molar-refractivity contribution in [3.63, 3.8) is 0 Å². The van der Waals surface area contributed by atoms with Crippen LogP contribution in [0.1, 0.15) is 12.5 Å². The summed E-state index contributed by atoms with van der Waals surface area (Å²) in [6.45, 7) is 1.38. The fraction of sp³-hybridized carbons (Fsp3) is 0.300. The van der Waals surface area contributed by atoms with Crippen LogP contribution in [0.2, 0.25) is 0 Å². The lowest BCUT2D eigenvalue weighted by molar-refractivity contribution is -0.146. The average Bonchev–Trinajstić information content (AvgIpc) is 2.26. The quantitative estimate of drug-likeness (QED) is 0.648. The van der Waals surface area contributed by atoms with E-state index in [2.05, 4.69) is 4.84 Å². The van der Waals surface area contributed by atoms with E-state index < -0.39 is 21.4 Å². The van der Waals surface area contributed by atoms with E-state index in [-0.39, 0.29) is 5.75 Å². The van der Waals surface area contributed by atoms with Crippen LogP contribution in [0, 0.1) is 0 Å². The maximum absolute atomic E-state index is 11.5. The summed E-state index contributed by atoms with van der Waals surface area (Å²) < 4.78 is 23.0. The Morgan fingerprint density at radius 1 is 1.41 bits per heavy atom. The van der Waals surface area contributed by atoms with Crippen LogP contribution in [0.15, 0.2) is 30.3 Å². The van der Waals surface area contributed by atoms with Gasteiger partial charge in [0.1, 0.15) is 5.38 Å². The highest BCUT2D eigenvalue weighted by Crippen LogP contribution is 2.04. The first kappa shape index (κ1) is 14.0. The minimum atomic E-state index is -3.71. The van der Waals surface area contributed by atoms with Crippen molar-refractivity contribution >= 4 is 27.6 Å². The smallest absolute Gasteiger partial charge is 0.343 e. The molecule has 0 saturated heterocycles. The summed E-state index contributed by atoms with van der Waals surface area (Å²) in [5.74, 6) is -1.11. The molecule has 5 nitrogen and oxygen atoms in total. The SMILES string of the molecule is CC(Cl)C(=O)ONS(=O)(=O)Cc1ccccc1. The van der Waals surface area contributed by atoms with Crippen molar-refractivity contribution in [1.82, 2.24) is 4.89 Å². The lowest BCUT2D eigenvalue weighted by Crippen LogP contribution is -2.31. The van der Waals surface area contributed by atoms with Gasteiger partial charge in [0, 0.05) is 0 Å². The monoisotopic (exact) mass is 277 g/mol. The third-order valence-corrected chi connectivity index (χ3v) is 3.02. The molecule has 0 heterocycles. The van der Waals surface area contributed by atoms with Crippen LogP contribution in [-0.2, 0) is 25.4 Å². The molecule has 0 spiro atoms. The van der Waals surface area contributed by atoms with Crippen molar-refractivity contribution in [2.45, 2.75) is 18.1 Å². The molecule has 1 N–H and O–H groups in total. The van der Waals surface area contributed by atoms with Crippen molar-refractivity contribution in [3.8, 4) is 0 Å². The number of sulfonamides is 1. The maximum atomic E-state index is 11.5. The van der Waals surface area contributed by atoms with Gasteiger partial charge in [-0.3, -0.25) is 0 Å². The number of rotatable bonds is 5. The van der Waals surface area contributed by atoms with E-state index in [1.54, 1.807) is 35.2 Å². The van der Waals surface area contributed by atoms with Crippen molar-refractivity contribution < 1.29 is 18.0 Å². The molecule has 94 valence electrons. The highest BCUT2D eigenvalue weighted by atomic mass is 35.5. The standard InChI is InChI=1S/C10H12ClNO4S/c1-8(11)10(13)16-12-17(14,15)7-9-5-3-2-4-6-9/h2-6,8,12H,7H2,1H3. The Kier molecular flexibility index (Phi) is 4.92. The fourth-order valence-electron chi connectivity index (χ4n) is 1.01. The van der Waals surface area contributed by atoms with E-state index in [1.165, 1.54) is 6.92 Å². The molecule has 0 radical (unpaired) electrons. The molecule has 0 amide bonds. The molecule has 1 unspecified atom stereocenters. The van der Waals surface area contributed by atoms with Crippen LogP contribution in [0.3, 0.4) is 0 Å². The Bertz CT molecular complexity index is 472. The topological polar surface area (TPSA) is 72.5 Å². The zero-order valence-electron chi connectivity index (χ0n) is 9.09. The lowest BCUT2D eigenvalue weighted by atomic mass is 10.2. The molecule has 0 aliphatic heterocycles. The molecule has 1 aromatic carbocycles. The molecule has 0 fully saturated rings. The van der Waals surface area contributed by atoms with E-state index in [9.17, 15) is 13.2 Å². The van der Waals surface area contributed by atoms with Crippen molar-refractivity contribution in [2.75, 3.05) is 0 Å². The van der Waals surface area contributed by atoms with Gasteiger partial charge in [-0.2, -0.15) is 0 Å². The van der Waals surface area contributed by atoms with Gasteiger partial charge < -0.3 is 4.84 Å². The van der Waals surface area contributed by atoms with Gasteiger partial charge in [-0.15, -0.1) is 11.6 Å². The van der Waals surface area contributed by atoms with Crippen molar-refractivity contribution in [2.24, 2.45) is 0 Å². The Labute approximate surface area is 105 Å². The van der Waals surface area contributed by atoms with E-state index in [0.29, 0.717) is 5.56 Å². The fourth-order valence-corrected chi connectivity index (χ4v) is 1.95. The van der Waals surface area contributed by atoms with Crippen LogP contribution in [0.5, 0.6) is 0 Å². The third-order valence-electron chi connectivity index (χ3n) is 1.79. The summed E-state index contributed by atoms with van der Waals surface area (Å²) >= 11 is 5.41. The van der Waals surface area contributed by atoms with Crippen LogP contribution in [0.25, 0.3) is 0 Å². The summed E-state index contributed by atoms with van der Waals surface area (Å²) in [4.78, 5) is 17.0. The van der Waals surface area contributed by atoms with Crippen LogP contribution >= 0.6 is 11.6 Å². The summed E-state index contributed by atoms with van der Waals surface area (Å²) in [5.41, 5.74) is 0.593. The molecule has 0 aliphatic carbocycles. The Hall–Kier alpha value is -1.11. The molecule has 0 aromatic heterocycles. The number of carbonyl (C=O) groups excluding carboxylic acids is 1.